The van der Waals surface area contributed by atoms with Gasteiger partial charge in [-0.05, 0) is 18.6 Å². The van der Waals surface area contributed by atoms with Gasteiger partial charge < -0.3 is 15.2 Å². The van der Waals surface area contributed by atoms with E-state index in [1.807, 2.05) is 0 Å². The van der Waals surface area contributed by atoms with Crippen molar-refractivity contribution in [3.05, 3.63) is 17.8 Å². The zero-order chi connectivity index (χ0) is 9.84. The van der Waals surface area contributed by atoms with E-state index in [1.54, 1.807) is 13.0 Å². The molecule has 1 aromatic heterocycles. The Morgan fingerprint density at radius 1 is 1.62 bits per heavy atom. The number of pyridine rings is 1. The van der Waals surface area contributed by atoms with Gasteiger partial charge in [0.25, 0.3) is 0 Å². The highest BCUT2D eigenvalue weighted by Gasteiger charge is 2.04. The molecule has 0 aromatic carbocycles. The number of nitrogens with two attached hydrogens (primary N) is 1. The molecule has 0 unspecified atom stereocenters. The lowest BCUT2D eigenvalue weighted by Crippen LogP contribution is -2.08. The lowest BCUT2D eigenvalue weighted by molar-refractivity contribution is 0.121. The molecule has 0 aliphatic heterocycles. The van der Waals surface area contributed by atoms with E-state index < -0.39 is 6.16 Å². The molecular weight excluding hydrogens is 172 g/mol. The number of aromatic nitrogens is 1. The molecule has 0 amide bonds. The third kappa shape index (κ3) is 2.33. The SMILES string of the molecule is COC(=O)Oc1cnc(N)c(C)c1. The first-order valence-corrected chi connectivity index (χ1v) is 3.61. The fourth-order valence-electron chi connectivity index (χ4n) is 0.753. The van der Waals surface area contributed by atoms with Gasteiger partial charge in [0, 0.05) is 0 Å². The second kappa shape index (κ2) is 3.75. The van der Waals surface area contributed by atoms with Crippen molar-refractivity contribution in [3.8, 4) is 5.75 Å². The van der Waals surface area contributed by atoms with Gasteiger partial charge in [-0.25, -0.2) is 9.78 Å². The Labute approximate surface area is 75.5 Å². The van der Waals surface area contributed by atoms with Gasteiger partial charge in [-0.15, -0.1) is 0 Å². The predicted molar refractivity (Wildman–Crippen MR) is 46.4 cm³/mol. The molecule has 0 saturated heterocycles. The van der Waals surface area contributed by atoms with Crippen molar-refractivity contribution in [2.45, 2.75) is 6.92 Å². The molecule has 5 nitrogen and oxygen atoms in total. The summed E-state index contributed by atoms with van der Waals surface area (Å²) in [5.74, 6) is 0.732. The van der Waals surface area contributed by atoms with E-state index >= 15 is 0 Å². The molecule has 1 rings (SSSR count). The van der Waals surface area contributed by atoms with Crippen LogP contribution in [-0.4, -0.2) is 18.2 Å². The second-order valence-corrected chi connectivity index (χ2v) is 2.43. The molecule has 0 saturated carbocycles. The predicted octanol–water partition coefficient (Wildman–Crippen LogP) is 1.12. The van der Waals surface area contributed by atoms with Crippen LogP contribution in [0, 0.1) is 6.92 Å². The third-order valence-electron chi connectivity index (χ3n) is 1.46. The van der Waals surface area contributed by atoms with Crippen molar-refractivity contribution in [1.29, 1.82) is 0 Å². The summed E-state index contributed by atoms with van der Waals surface area (Å²) in [4.78, 5) is 14.5. The number of methoxy groups -OCH3 is 1. The zero-order valence-corrected chi connectivity index (χ0v) is 7.40. The lowest BCUT2D eigenvalue weighted by Gasteiger charge is -2.03. The van der Waals surface area contributed by atoms with Crippen molar-refractivity contribution in [2.75, 3.05) is 12.8 Å². The maximum Gasteiger partial charge on any atom is 0.513 e. The van der Waals surface area contributed by atoms with Gasteiger partial charge in [-0.2, -0.15) is 0 Å². The van der Waals surface area contributed by atoms with Crippen LogP contribution in [0.25, 0.3) is 0 Å². The van der Waals surface area contributed by atoms with E-state index in [-0.39, 0.29) is 0 Å². The second-order valence-electron chi connectivity index (χ2n) is 2.43. The number of rotatable bonds is 1. The highest BCUT2D eigenvalue weighted by Crippen LogP contribution is 2.15. The van der Waals surface area contributed by atoms with Crippen LogP contribution in [0.3, 0.4) is 0 Å². The van der Waals surface area contributed by atoms with E-state index in [4.69, 9.17) is 10.5 Å². The number of ether oxygens (including phenoxy) is 2. The molecule has 0 bridgehead atoms. The van der Waals surface area contributed by atoms with Gasteiger partial charge in [0.15, 0.2) is 5.75 Å². The molecule has 1 heterocycles. The van der Waals surface area contributed by atoms with Gasteiger partial charge in [-0.1, -0.05) is 0 Å². The van der Waals surface area contributed by atoms with Crippen molar-refractivity contribution in [1.82, 2.24) is 4.98 Å². The summed E-state index contributed by atoms with van der Waals surface area (Å²) in [6.07, 6.45) is 0.588. The monoisotopic (exact) mass is 182 g/mol. The maximum atomic E-state index is 10.7. The summed E-state index contributed by atoms with van der Waals surface area (Å²) in [7, 11) is 1.24. The summed E-state index contributed by atoms with van der Waals surface area (Å²) in [6.45, 7) is 1.77. The van der Waals surface area contributed by atoms with Gasteiger partial charge >= 0.3 is 6.16 Å². The minimum atomic E-state index is -0.772. The summed E-state index contributed by atoms with van der Waals surface area (Å²) in [6, 6.07) is 1.61. The van der Waals surface area contributed by atoms with Gasteiger partial charge in [0.2, 0.25) is 0 Å². The Morgan fingerprint density at radius 3 is 2.85 bits per heavy atom. The fraction of sp³-hybridized carbons (Fsp3) is 0.250. The van der Waals surface area contributed by atoms with Crippen molar-refractivity contribution >= 4 is 12.0 Å². The molecule has 2 N–H and O–H groups in total. The van der Waals surface area contributed by atoms with Crippen molar-refractivity contribution in [2.24, 2.45) is 0 Å². The summed E-state index contributed by atoms with van der Waals surface area (Å²) < 4.78 is 9.02. The number of anilines is 1. The van der Waals surface area contributed by atoms with Crippen LogP contribution in [-0.2, 0) is 4.74 Å². The summed E-state index contributed by atoms with van der Waals surface area (Å²) >= 11 is 0. The molecule has 0 aliphatic rings. The number of hydrogen-bond donors (Lipinski definition) is 1. The Kier molecular flexibility index (Phi) is 2.69. The number of nitrogen functional groups attached to an aromatic ring is 1. The van der Waals surface area contributed by atoms with Gasteiger partial charge in [0.1, 0.15) is 5.82 Å². The van der Waals surface area contributed by atoms with Crippen molar-refractivity contribution < 1.29 is 14.3 Å². The minimum absolute atomic E-state index is 0.318. The first-order valence-electron chi connectivity index (χ1n) is 3.61. The average molecular weight is 182 g/mol. The van der Waals surface area contributed by atoms with Crippen LogP contribution in [0.15, 0.2) is 12.3 Å². The van der Waals surface area contributed by atoms with Crippen molar-refractivity contribution in [3.63, 3.8) is 0 Å². The Bertz CT molecular complexity index is 325. The third-order valence-corrected chi connectivity index (χ3v) is 1.46. The number of carbonyl (C=O) groups excluding carboxylic acids is 1. The number of nitrogens with zero attached hydrogens (tertiary/aromatic N) is 1. The maximum absolute atomic E-state index is 10.7. The molecular formula is C8H10N2O3. The van der Waals surface area contributed by atoms with Crippen LogP contribution < -0.4 is 10.5 Å². The van der Waals surface area contributed by atoms with Crippen LogP contribution in [0.2, 0.25) is 0 Å². The van der Waals surface area contributed by atoms with Gasteiger partial charge in [-0.3, -0.25) is 0 Å². The Morgan fingerprint density at radius 2 is 2.31 bits per heavy atom. The van der Waals surface area contributed by atoms with Crippen LogP contribution in [0.1, 0.15) is 5.56 Å². The molecule has 0 aliphatic carbocycles. The molecule has 5 heteroatoms. The quantitative estimate of drug-likeness (QED) is 0.658. The minimum Gasteiger partial charge on any atom is -0.437 e. The molecule has 0 radical (unpaired) electrons. The van der Waals surface area contributed by atoms with E-state index in [0.717, 1.165) is 5.56 Å². The Balaban J connectivity index is 2.79. The highest BCUT2D eigenvalue weighted by atomic mass is 16.7. The average Bonchev–Trinajstić information content (AvgIpc) is 2.11. The molecule has 0 atom stereocenters. The first kappa shape index (κ1) is 9.31. The van der Waals surface area contributed by atoms with Crippen LogP contribution >= 0.6 is 0 Å². The van der Waals surface area contributed by atoms with E-state index in [2.05, 4.69) is 9.72 Å². The fourth-order valence-corrected chi connectivity index (χ4v) is 0.753. The van der Waals surface area contributed by atoms with E-state index in [1.165, 1.54) is 13.3 Å². The number of aryl methyl sites for hydroxylation is 1. The van der Waals surface area contributed by atoms with E-state index in [9.17, 15) is 4.79 Å². The summed E-state index contributed by atoms with van der Waals surface area (Å²) in [5.41, 5.74) is 6.22. The summed E-state index contributed by atoms with van der Waals surface area (Å²) in [5, 5.41) is 0. The lowest BCUT2D eigenvalue weighted by atomic mass is 10.3. The Hall–Kier alpha value is -1.78. The standard InChI is InChI=1S/C8H10N2O3/c1-5-3-6(4-10-7(5)9)13-8(11)12-2/h3-4H,1-2H3,(H2,9,10). The first-order chi connectivity index (χ1) is 6.13. The van der Waals surface area contributed by atoms with Gasteiger partial charge in [0.05, 0.1) is 13.3 Å². The molecule has 0 fully saturated rings. The topological polar surface area (TPSA) is 74.4 Å². The molecule has 1 aromatic rings. The molecule has 70 valence electrons. The highest BCUT2D eigenvalue weighted by molar-refractivity contribution is 5.63. The molecule has 13 heavy (non-hydrogen) atoms. The normalized spacial score (nSPS) is 9.38. The zero-order valence-electron chi connectivity index (χ0n) is 7.40. The van der Waals surface area contributed by atoms with Crippen LogP contribution in [0.5, 0.6) is 5.75 Å². The number of hydrogen-bond acceptors (Lipinski definition) is 5. The number of carbonyl (C=O) groups is 1. The smallest absolute Gasteiger partial charge is 0.437 e. The van der Waals surface area contributed by atoms with Crippen LogP contribution in [0.4, 0.5) is 10.6 Å². The largest absolute Gasteiger partial charge is 0.513 e. The molecule has 0 spiro atoms. The van der Waals surface area contributed by atoms with E-state index in [0.29, 0.717) is 11.6 Å².